The number of hydrogen-bond acceptors (Lipinski definition) is 5. The van der Waals surface area contributed by atoms with Crippen molar-refractivity contribution in [2.24, 2.45) is 0 Å². The maximum absolute atomic E-state index is 4.47. The summed E-state index contributed by atoms with van der Waals surface area (Å²) in [5.41, 5.74) is 1.14. The summed E-state index contributed by atoms with van der Waals surface area (Å²) < 4.78 is 0. The second kappa shape index (κ2) is 5.91. The molecular formula is C13H19N3S2. The van der Waals surface area contributed by atoms with Crippen LogP contribution in [0.5, 0.6) is 0 Å². The zero-order chi connectivity index (χ0) is 13.1. The van der Waals surface area contributed by atoms with Crippen LogP contribution < -0.4 is 5.32 Å². The summed E-state index contributed by atoms with van der Waals surface area (Å²) in [5, 5.41) is 5.83. The topological polar surface area (TPSA) is 37.8 Å². The third kappa shape index (κ3) is 3.16. The Morgan fingerprint density at radius 1 is 1.33 bits per heavy atom. The van der Waals surface area contributed by atoms with Crippen molar-refractivity contribution in [3.63, 3.8) is 0 Å². The SMILES string of the molecule is CCc1cnc(CNC(C)c2sc(C)nc2C)s1. The van der Waals surface area contributed by atoms with Gasteiger partial charge in [-0.05, 0) is 27.2 Å². The first-order valence-corrected chi connectivity index (χ1v) is 7.84. The standard InChI is InChI=1S/C13H19N3S2/c1-5-11-6-15-12(18-11)7-14-8(2)13-9(3)16-10(4)17-13/h6,8,14H,5,7H2,1-4H3. The summed E-state index contributed by atoms with van der Waals surface area (Å²) in [5.74, 6) is 0. The molecular weight excluding hydrogens is 262 g/mol. The molecule has 0 aliphatic carbocycles. The fourth-order valence-electron chi connectivity index (χ4n) is 1.88. The molecule has 0 bridgehead atoms. The van der Waals surface area contributed by atoms with Gasteiger partial charge in [0.15, 0.2) is 0 Å². The lowest BCUT2D eigenvalue weighted by Crippen LogP contribution is -2.17. The predicted molar refractivity (Wildman–Crippen MR) is 78.3 cm³/mol. The van der Waals surface area contributed by atoms with Gasteiger partial charge in [-0.2, -0.15) is 0 Å². The molecule has 1 unspecified atom stereocenters. The van der Waals surface area contributed by atoms with Crippen LogP contribution in [0.1, 0.15) is 45.4 Å². The van der Waals surface area contributed by atoms with E-state index in [1.165, 1.54) is 9.75 Å². The van der Waals surface area contributed by atoms with Gasteiger partial charge < -0.3 is 5.32 Å². The van der Waals surface area contributed by atoms with E-state index in [2.05, 4.69) is 43.0 Å². The van der Waals surface area contributed by atoms with Crippen molar-refractivity contribution in [1.29, 1.82) is 0 Å². The number of rotatable bonds is 5. The van der Waals surface area contributed by atoms with Crippen molar-refractivity contribution in [2.45, 2.75) is 46.7 Å². The number of nitrogens with zero attached hydrogens (tertiary/aromatic N) is 2. The predicted octanol–water partition coefficient (Wildman–Crippen LogP) is 3.63. The van der Waals surface area contributed by atoms with Gasteiger partial charge in [0.1, 0.15) is 5.01 Å². The van der Waals surface area contributed by atoms with Gasteiger partial charge in [0.2, 0.25) is 0 Å². The fraction of sp³-hybridized carbons (Fsp3) is 0.538. The summed E-state index contributed by atoms with van der Waals surface area (Å²) in [4.78, 5) is 11.6. The highest BCUT2D eigenvalue weighted by Crippen LogP contribution is 2.25. The second-order valence-electron chi connectivity index (χ2n) is 4.36. The highest BCUT2D eigenvalue weighted by atomic mass is 32.1. The lowest BCUT2D eigenvalue weighted by Gasteiger charge is -2.11. The van der Waals surface area contributed by atoms with Gasteiger partial charge in [-0.25, -0.2) is 9.97 Å². The summed E-state index contributed by atoms with van der Waals surface area (Å²) in [6.07, 6.45) is 3.05. The molecule has 18 heavy (non-hydrogen) atoms. The monoisotopic (exact) mass is 281 g/mol. The summed E-state index contributed by atoms with van der Waals surface area (Å²) in [6, 6.07) is 0.338. The summed E-state index contributed by atoms with van der Waals surface area (Å²) >= 11 is 3.57. The molecule has 1 N–H and O–H groups in total. The summed E-state index contributed by atoms with van der Waals surface area (Å²) in [7, 11) is 0. The Hall–Kier alpha value is -0.780. The molecule has 2 aromatic rings. The van der Waals surface area contributed by atoms with E-state index >= 15 is 0 Å². The molecule has 5 heteroatoms. The first-order valence-electron chi connectivity index (χ1n) is 6.21. The van der Waals surface area contributed by atoms with Gasteiger partial charge in [-0.15, -0.1) is 22.7 Å². The van der Waals surface area contributed by atoms with Gasteiger partial charge in [0, 0.05) is 28.5 Å². The molecule has 2 rings (SSSR count). The van der Waals surface area contributed by atoms with E-state index in [-0.39, 0.29) is 0 Å². The third-order valence-corrected chi connectivity index (χ3v) is 5.24. The van der Waals surface area contributed by atoms with Gasteiger partial charge in [-0.3, -0.25) is 0 Å². The third-order valence-electron chi connectivity index (χ3n) is 2.84. The van der Waals surface area contributed by atoms with E-state index in [0.29, 0.717) is 6.04 Å². The van der Waals surface area contributed by atoms with E-state index in [0.717, 1.165) is 28.7 Å². The second-order valence-corrected chi connectivity index (χ2v) is 6.79. The molecule has 2 aromatic heterocycles. The highest BCUT2D eigenvalue weighted by molar-refractivity contribution is 7.12. The normalized spacial score (nSPS) is 12.9. The number of aromatic nitrogens is 2. The number of aryl methyl sites for hydroxylation is 3. The molecule has 0 spiro atoms. The van der Waals surface area contributed by atoms with Crippen LogP contribution in [0.4, 0.5) is 0 Å². The first-order chi connectivity index (χ1) is 8.60. The lowest BCUT2D eigenvalue weighted by atomic mass is 10.2. The van der Waals surface area contributed by atoms with E-state index in [9.17, 15) is 0 Å². The molecule has 0 saturated heterocycles. The van der Waals surface area contributed by atoms with Crippen molar-refractivity contribution in [2.75, 3.05) is 0 Å². The molecule has 0 radical (unpaired) electrons. The van der Waals surface area contributed by atoms with Crippen molar-refractivity contribution >= 4 is 22.7 Å². The largest absolute Gasteiger partial charge is 0.303 e. The molecule has 3 nitrogen and oxygen atoms in total. The molecule has 98 valence electrons. The Balaban J connectivity index is 1.95. The Bertz CT molecular complexity index is 516. The minimum absolute atomic E-state index is 0.338. The van der Waals surface area contributed by atoms with Crippen LogP contribution in [0.2, 0.25) is 0 Å². The maximum Gasteiger partial charge on any atom is 0.107 e. The molecule has 0 aliphatic rings. The maximum atomic E-state index is 4.47. The van der Waals surface area contributed by atoms with Crippen LogP contribution in [0.3, 0.4) is 0 Å². The molecule has 0 saturated carbocycles. The van der Waals surface area contributed by atoms with Crippen molar-refractivity contribution in [3.05, 3.63) is 31.7 Å². The summed E-state index contributed by atoms with van der Waals surface area (Å²) in [6.45, 7) is 9.32. The van der Waals surface area contributed by atoms with Gasteiger partial charge in [0.05, 0.1) is 10.7 Å². The number of hydrogen-bond donors (Lipinski definition) is 1. The first kappa shape index (κ1) is 13.6. The smallest absolute Gasteiger partial charge is 0.107 e. The minimum Gasteiger partial charge on any atom is -0.303 e. The molecule has 0 aliphatic heterocycles. The molecule has 2 heterocycles. The van der Waals surface area contributed by atoms with Crippen molar-refractivity contribution in [1.82, 2.24) is 15.3 Å². The van der Waals surface area contributed by atoms with E-state index < -0.39 is 0 Å². The Morgan fingerprint density at radius 2 is 2.11 bits per heavy atom. The molecule has 0 aromatic carbocycles. The molecule has 1 atom stereocenters. The zero-order valence-corrected chi connectivity index (χ0v) is 12.9. The Morgan fingerprint density at radius 3 is 2.67 bits per heavy atom. The fourth-order valence-corrected chi connectivity index (χ4v) is 3.64. The van der Waals surface area contributed by atoms with Crippen LogP contribution in [0.25, 0.3) is 0 Å². The van der Waals surface area contributed by atoms with Crippen LogP contribution in [0.15, 0.2) is 6.20 Å². The minimum atomic E-state index is 0.338. The Labute approximate surface area is 116 Å². The highest BCUT2D eigenvalue weighted by Gasteiger charge is 2.13. The molecule has 0 fully saturated rings. The van der Waals surface area contributed by atoms with E-state index in [1.807, 2.05) is 6.20 Å². The zero-order valence-electron chi connectivity index (χ0n) is 11.3. The number of nitrogens with one attached hydrogen (secondary N) is 1. The van der Waals surface area contributed by atoms with Crippen LogP contribution in [0, 0.1) is 13.8 Å². The van der Waals surface area contributed by atoms with Crippen LogP contribution in [-0.4, -0.2) is 9.97 Å². The Kier molecular flexibility index (Phi) is 4.48. The van der Waals surface area contributed by atoms with Crippen LogP contribution >= 0.6 is 22.7 Å². The van der Waals surface area contributed by atoms with Gasteiger partial charge in [-0.1, -0.05) is 6.92 Å². The van der Waals surface area contributed by atoms with E-state index in [4.69, 9.17) is 0 Å². The average molecular weight is 281 g/mol. The van der Waals surface area contributed by atoms with E-state index in [1.54, 1.807) is 22.7 Å². The van der Waals surface area contributed by atoms with Crippen LogP contribution in [-0.2, 0) is 13.0 Å². The van der Waals surface area contributed by atoms with Gasteiger partial charge >= 0.3 is 0 Å². The van der Waals surface area contributed by atoms with Crippen molar-refractivity contribution < 1.29 is 0 Å². The quantitative estimate of drug-likeness (QED) is 0.909. The molecule has 0 amide bonds. The van der Waals surface area contributed by atoms with Crippen molar-refractivity contribution in [3.8, 4) is 0 Å². The lowest BCUT2D eigenvalue weighted by molar-refractivity contribution is 0.578. The van der Waals surface area contributed by atoms with Gasteiger partial charge in [0.25, 0.3) is 0 Å². The average Bonchev–Trinajstić information content (AvgIpc) is 2.92. The number of thiazole rings is 2.